The van der Waals surface area contributed by atoms with Crippen LogP contribution in [-0.2, 0) is 4.79 Å². The van der Waals surface area contributed by atoms with Crippen LogP contribution in [0.4, 0.5) is 5.95 Å². The van der Waals surface area contributed by atoms with Crippen LogP contribution in [0.5, 0.6) is 5.75 Å². The van der Waals surface area contributed by atoms with Crippen molar-refractivity contribution >= 4 is 23.5 Å². The van der Waals surface area contributed by atoms with Crippen LogP contribution in [-0.4, -0.2) is 54.1 Å². The lowest BCUT2D eigenvalue weighted by atomic mass is 10.0. The van der Waals surface area contributed by atoms with E-state index in [1.54, 1.807) is 25.6 Å². The van der Waals surface area contributed by atoms with Crippen molar-refractivity contribution in [3.8, 4) is 5.75 Å². The third-order valence-corrected chi connectivity index (χ3v) is 5.36. The maximum atomic E-state index is 13.4. The van der Waals surface area contributed by atoms with Crippen LogP contribution in [0.25, 0.3) is 11.6 Å². The summed E-state index contributed by atoms with van der Waals surface area (Å²) < 4.78 is 5.29. The van der Waals surface area contributed by atoms with Crippen molar-refractivity contribution in [2.24, 2.45) is 0 Å². The maximum absolute atomic E-state index is 13.4. The molecule has 0 atom stereocenters. The molecule has 1 saturated heterocycles. The molecular formula is C26H26N4O2. The van der Waals surface area contributed by atoms with E-state index in [2.05, 4.69) is 14.9 Å². The molecule has 6 heteroatoms. The van der Waals surface area contributed by atoms with E-state index in [1.165, 1.54) is 0 Å². The predicted octanol–water partition coefficient (Wildman–Crippen LogP) is 3.93. The molecule has 1 aliphatic rings. The van der Waals surface area contributed by atoms with Gasteiger partial charge in [-0.1, -0.05) is 54.6 Å². The Hall–Kier alpha value is -3.93. The molecule has 32 heavy (non-hydrogen) atoms. The summed E-state index contributed by atoms with van der Waals surface area (Å²) in [5.41, 5.74) is 2.59. The molecule has 3 aromatic rings. The topological polar surface area (TPSA) is 58.6 Å². The highest BCUT2D eigenvalue weighted by Crippen LogP contribution is 2.20. The second-order valence-electron chi connectivity index (χ2n) is 7.41. The number of allylic oxidation sites excluding steroid dienone is 2. The molecule has 6 nitrogen and oxygen atoms in total. The number of hydrogen-bond donors (Lipinski definition) is 0. The summed E-state index contributed by atoms with van der Waals surface area (Å²) in [5.74, 6) is 1.54. The molecule has 162 valence electrons. The quantitative estimate of drug-likeness (QED) is 0.442. The van der Waals surface area contributed by atoms with Gasteiger partial charge in [-0.2, -0.15) is 0 Å². The Labute approximate surface area is 188 Å². The minimum absolute atomic E-state index is 0.0279. The molecule has 0 unspecified atom stereocenters. The predicted molar refractivity (Wildman–Crippen MR) is 127 cm³/mol. The van der Waals surface area contributed by atoms with Gasteiger partial charge >= 0.3 is 0 Å². The zero-order chi connectivity index (χ0) is 22.2. The fourth-order valence-electron chi connectivity index (χ4n) is 3.64. The van der Waals surface area contributed by atoms with Crippen LogP contribution >= 0.6 is 0 Å². The smallest absolute Gasteiger partial charge is 0.254 e. The first kappa shape index (κ1) is 21.3. The van der Waals surface area contributed by atoms with Crippen LogP contribution in [0, 0.1) is 0 Å². The molecule has 0 N–H and O–H groups in total. The molecule has 0 bridgehead atoms. The van der Waals surface area contributed by atoms with E-state index in [0.717, 1.165) is 16.9 Å². The summed E-state index contributed by atoms with van der Waals surface area (Å²) in [7, 11) is 1.65. The minimum atomic E-state index is 0.0279. The van der Waals surface area contributed by atoms with E-state index >= 15 is 0 Å². The van der Waals surface area contributed by atoms with Crippen molar-refractivity contribution in [3.63, 3.8) is 0 Å². The largest absolute Gasteiger partial charge is 0.497 e. The Kier molecular flexibility index (Phi) is 6.92. The third kappa shape index (κ3) is 5.21. The first-order valence-corrected chi connectivity index (χ1v) is 10.6. The van der Waals surface area contributed by atoms with Gasteiger partial charge in [0.1, 0.15) is 5.75 Å². The van der Waals surface area contributed by atoms with Crippen molar-refractivity contribution in [2.45, 2.75) is 0 Å². The number of methoxy groups -OCH3 is 1. The highest BCUT2D eigenvalue weighted by Gasteiger charge is 2.25. The molecule has 1 fully saturated rings. The molecule has 1 amide bonds. The monoisotopic (exact) mass is 426 g/mol. The lowest BCUT2D eigenvalue weighted by Crippen LogP contribution is -2.49. The number of anilines is 1. The minimum Gasteiger partial charge on any atom is -0.497 e. The van der Waals surface area contributed by atoms with Crippen molar-refractivity contribution in [2.75, 3.05) is 38.2 Å². The van der Waals surface area contributed by atoms with Gasteiger partial charge in [0, 0.05) is 44.1 Å². The van der Waals surface area contributed by atoms with Crippen molar-refractivity contribution in [1.29, 1.82) is 0 Å². The van der Waals surface area contributed by atoms with Gasteiger partial charge in [0.05, 0.1) is 7.11 Å². The SMILES string of the molecule is COc1cccc(/C=C/C=C(/C(=O)N2CCN(c3ncccn3)CC2)c2ccccc2)c1. The van der Waals surface area contributed by atoms with Gasteiger partial charge in [0.25, 0.3) is 5.91 Å². The summed E-state index contributed by atoms with van der Waals surface area (Å²) in [6.07, 6.45) is 9.27. The number of amides is 1. The number of aromatic nitrogens is 2. The zero-order valence-corrected chi connectivity index (χ0v) is 18.1. The maximum Gasteiger partial charge on any atom is 0.254 e. The van der Waals surface area contributed by atoms with E-state index in [0.29, 0.717) is 37.7 Å². The lowest BCUT2D eigenvalue weighted by molar-refractivity contribution is -0.125. The molecule has 2 heterocycles. The fraction of sp³-hybridized carbons (Fsp3) is 0.192. The Morgan fingerprint density at radius 2 is 1.69 bits per heavy atom. The molecular weight excluding hydrogens is 400 g/mol. The number of rotatable bonds is 6. The van der Waals surface area contributed by atoms with Gasteiger partial charge in [-0.15, -0.1) is 0 Å². The van der Waals surface area contributed by atoms with Crippen molar-refractivity contribution in [1.82, 2.24) is 14.9 Å². The van der Waals surface area contributed by atoms with Gasteiger partial charge in [-0.3, -0.25) is 4.79 Å². The second kappa shape index (κ2) is 10.4. The summed E-state index contributed by atoms with van der Waals surface area (Å²) in [6, 6.07) is 19.4. The number of carbonyl (C=O) groups is 1. The van der Waals surface area contributed by atoms with Gasteiger partial charge in [-0.05, 0) is 35.4 Å². The van der Waals surface area contributed by atoms with E-state index < -0.39 is 0 Å². The van der Waals surface area contributed by atoms with Gasteiger partial charge in [0.2, 0.25) is 5.95 Å². The van der Waals surface area contributed by atoms with Crippen LogP contribution in [0.3, 0.4) is 0 Å². The Morgan fingerprint density at radius 3 is 2.41 bits per heavy atom. The number of nitrogens with zero attached hydrogens (tertiary/aromatic N) is 4. The molecule has 0 radical (unpaired) electrons. The highest BCUT2D eigenvalue weighted by atomic mass is 16.5. The average molecular weight is 427 g/mol. The van der Waals surface area contributed by atoms with Crippen molar-refractivity contribution < 1.29 is 9.53 Å². The number of carbonyl (C=O) groups excluding carboxylic acids is 1. The van der Waals surface area contributed by atoms with E-state index in [9.17, 15) is 4.79 Å². The number of hydrogen-bond acceptors (Lipinski definition) is 5. The number of benzene rings is 2. The molecule has 1 aliphatic heterocycles. The van der Waals surface area contributed by atoms with E-state index in [-0.39, 0.29) is 5.91 Å². The third-order valence-electron chi connectivity index (χ3n) is 5.36. The summed E-state index contributed by atoms with van der Waals surface area (Å²) >= 11 is 0. The molecule has 0 aliphatic carbocycles. The van der Waals surface area contributed by atoms with E-state index in [4.69, 9.17) is 4.74 Å². The van der Waals surface area contributed by atoms with Crippen LogP contribution in [0.1, 0.15) is 11.1 Å². The molecule has 1 aromatic heterocycles. The lowest BCUT2D eigenvalue weighted by Gasteiger charge is -2.35. The van der Waals surface area contributed by atoms with Crippen molar-refractivity contribution in [3.05, 3.63) is 96.3 Å². The van der Waals surface area contributed by atoms with E-state index in [1.807, 2.05) is 77.7 Å². The Balaban J connectivity index is 1.51. The molecule has 0 spiro atoms. The van der Waals surface area contributed by atoms with Crippen LogP contribution in [0.2, 0.25) is 0 Å². The second-order valence-corrected chi connectivity index (χ2v) is 7.41. The van der Waals surface area contributed by atoms with Gasteiger partial charge in [-0.25, -0.2) is 9.97 Å². The molecule has 2 aromatic carbocycles. The standard InChI is InChI=1S/C26H26N4O2/c1-32-23-12-5-8-21(20-23)9-6-13-24(22-10-3-2-4-11-22)25(31)29-16-18-30(19-17-29)26-27-14-7-15-28-26/h2-15,20H,16-19H2,1H3/b9-6+,24-13+. The van der Waals surface area contributed by atoms with Gasteiger partial charge < -0.3 is 14.5 Å². The zero-order valence-electron chi connectivity index (χ0n) is 18.1. The Bertz CT molecular complexity index is 1090. The van der Waals surface area contributed by atoms with Gasteiger partial charge in [0.15, 0.2) is 0 Å². The average Bonchev–Trinajstić information content (AvgIpc) is 2.87. The summed E-state index contributed by atoms with van der Waals surface area (Å²) in [4.78, 5) is 26.1. The molecule has 0 saturated carbocycles. The first-order valence-electron chi connectivity index (χ1n) is 10.6. The first-order chi connectivity index (χ1) is 15.7. The van der Waals surface area contributed by atoms with Crippen LogP contribution in [0.15, 0.2) is 85.2 Å². The highest BCUT2D eigenvalue weighted by molar-refractivity contribution is 6.19. The normalized spacial score (nSPS) is 14.6. The number of piperazine rings is 1. The number of ether oxygens (including phenoxy) is 1. The summed E-state index contributed by atoms with van der Waals surface area (Å²) in [6.45, 7) is 2.66. The Morgan fingerprint density at radius 1 is 0.938 bits per heavy atom. The molecule has 4 rings (SSSR count). The van der Waals surface area contributed by atoms with Crippen LogP contribution < -0.4 is 9.64 Å². The fourth-order valence-corrected chi connectivity index (χ4v) is 3.64. The summed E-state index contributed by atoms with van der Waals surface area (Å²) in [5, 5.41) is 0.